The number of sulfonamides is 1. The highest BCUT2D eigenvalue weighted by Gasteiger charge is 2.27. The summed E-state index contributed by atoms with van der Waals surface area (Å²) in [4.78, 5) is 24.3. The van der Waals surface area contributed by atoms with Gasteiger partial charge in [0.15, 0.2) is 0 Å². The molecule has 1 atom stereocenters. The minimum Gasteiger partial charge on any atom is -0.494 e. The zero-order chi connectivity index (χ0) is 23.4. The van der Waals surface area contributed by atoms with Crippen molar-refractivity contribution in [3.8, 4) is 11.8 Å². The van der Waals surface area contributed by atoms with Crippen molar-refractivity contribution in [2.45, 2.75) is 30.7 Å². The van der Waals surface area contributed by atoms with Gasteiger partial charge in [-0.1, -0.05) is 18.2 Å². The van der Waals surface area contributed by atoms with Gasteiger partial charge in [0, 0.05) is 13.0 Å². The Morgan fingerprint density at radius 2 is 1.78 bits per heavy atom. The lowest BCUT2D eigenvalue weighted by Crippen LogP contribution is -2.49. The van der Waals surface area contributed by atoms with Crippen molar-refractivity contribution >= 4 is 21.9 Å². The van der Waals surface area contributed by atoms with Gasteiger partial charge in [0.1, 0.15) is 11.8 Å². The topological polar surface area (TPSA) is 135 Å². The Morgan fingerprint density at radius 3 is 2.41 bits per heavy atom. The molecular weight excluding hydrogens is 434 g/mol. The van der Waals surface area contributed by atoms with E-state index in [2.05, 4.69) is 10.0 Å². The lowest BCUT2D eigenvalue weighted by Gasteiger charge is -2.18. The van der Waals surface area contributed by atoms with Gasteiger partial charge in [-0.2, -0.15) is 9.98 Å². The fourth-order valence-electron chi connectivity index (χ4n) is 2.62. The second kappa shape index (κ2) is 12.4. The molecule has 0 aliphatic rings. The van der Waals surface area contributed by atoms with Gasteiger partial charge in [-0.15, -0.1) is 0 Å². The van der Waals surface area contributed by atoms with E-state index < -0.39 is 22.0 Å². The van der Waals surface area contributed by atoms with Crippen molar-refractivity contribution in [3.63, 3.8) is 0 Å². The molecule has 2 aromatic carbocycles. The van der Waals surface area contributed by atoms with Gasteiger partial charge >= 0.3 is 5.97 Å². The van der Waals surface area contributed by atoms with Gasteiger partial charge in [0.05, 0.1) is 29.7 Å². The molecule has 0 unspecified atom stereocenters. The molecule has 0 aromatic heterocycles. The molecule has 0 aliphatic carbocycles. The molecule has 10 heteroatoms. The van der Waals surface area contributed by atoms with E-state index in [4.69, 9.17) is 14.7 Å². The summed E-state index contributed by atoms with van der Waals surface area (Å²) in [7, 11) is -3.97. The fourth-order valence-corrected chi connectivity index (χ4v) is 3.83. The largest absolute Gasteiger partial charge is 0.494 e. The molecule has 2 rings (SSSR count). The average molecular weight is 460 g/mol. The summed E-state index contributed by atoms with van der Waals surface area (Å²) in [6.45, 7) is 1.71. The third kappa shape index (κ3) is 8.02. The number of rotatable bonds is 12. The third-order valence-corrected chi connectivity index (χ3v) is 5.71. The summed E-state index contributed by atoms with van der Waals surface area (Å²) in [5.41, 5.74) is 0.524. The highest BCUT2D eigenvalue weighted by atomic mass is 32.2. The monoisotopic (exact) mass is 459 g/mol. The predicted molar refractivity (Wildman–Crippen MR) is 116 cm³/mol. The first kappa shape index (κ1) is 24.8. The van der Waals surface area contributed by atoms with Crippen LogP contribution in [-0.2, 0) is 24.3 Å². The first-order chi connectivity index (χ1) is 15.4. The molecule has 0 bridgehead atoms. The Morgan fingerprint density at radius 1 is 1.09 bits per heavy atom. The van der Waals surface area contributed by atoms with Crippen molar-refractivity contribution in [3.05, 3.63) is 60.2 Å². The Balaban J connectivity index is 1.83. The average Bonchev–Trinajstić information content (AvgIpc) is 2.80. The van der Waals surface area contributed by atoms with Gasteiger partial charge in [-0.25, -0.2) is 8.42 Å². The van der Waals surface area contributed by atoms with Crippen LogP contribution in [0.2, 0.25) is 0 Å². The van der Waals surface area contributed by atoms with E-state index in [0.717, 1.165) is 0 Å². The summed E-state index contributed by atoms with van der Waals surface area (Å²) in [5, 5.41) is 11.3. The standard InChI is InChI=1S/C22H25N3O6S/c1-2-30-22(27)20(25-32(28,29)19-7-4-3-5-8-19)16-24-21(26)9-6-14-31-18-12-10-17(15-23)11-13-18/h3-5,7-8,10-13,20,25H,2,6,9,14,16H2,1H3,(H,24,26)/t20-/m0/s1. The molecule has 0 heterocycles. The SMILES string of the molecule is CCOC(=O)[C@H](CNC(=O)CCCOc1ccc(C#N)cc1)NS(=O)(=O)c1ccccc1. The number of ether oxygens (including phenoxy) is 2. The molecule has 1 amide bonds. The van der Waals surface area contributed by atoms with E-state index in [1.807, 2.05) is 6.07 Å². The number of carbonyl (C=O) groups is 2. The van der Waals surface area contributed by atoms with Crippen LogP contribution in [0.15, 0.2) is 59.5 Å². The van der Waals surface area contributed by atoms with Crippen LogP contribution in [0.1, 0.15) is 25.3 Å². The molecule has 9 nitrogen and oxygen atoms in total. The van der Waals surface area contributed by atoms with Gasteiger partial charge in [-0.05, 0) is 49.7 Å². The summed E-state index contributed by atoms with van der Waals surface area (Å²) < 4.78 is 37.8. The molecule has 0 saturated heterocycles. The van der Waals surface area contributed by atoms with Crippen molar-refractivity contribution in [2.24, 2.45) is 0 Å². The van der Waals surface area contributed by atoms with Crippen LogP contribution in [0.25, 0.3) is 0 Å². The molecule has 32 heavy (non-hydrogen) atoms. The van der Waals surface area contributed by atoms with Crippen LogP contribution in [0.5, 0.6) is 5.75 Å². The Labute approximate surface area is 187 Å². The molecule has 0 aliphatic heterocycles. The Bertz CT molecular complexity index is 1030. The number of nitriles is 1. The van der Waals surface area contributed by atoms with E-state index in [1.54, 1.807) is 49.4 Å². The van der Waals surface area contributed by atoms with E-state index in [0.29, 0.717) is 17.7 Å². The number of benzene rings is 2. The Hall–Kier alpha value is -3.42. The molecule has 0 saturated carbocycles. The number of hydrogen-bond donors (Lipinski definition) is 2. The highest BCUT2D eigenvalue weighted by Crippen LogP contribution is 2.12. The fraction of sp³-hybridized carbons (Fsp3) is 0.318. The van der Waals surface area contributed by atoms with Crippen LogP contribution in [-0.4, -0.2) is 46.1 Å². The first-order valence-corrected chi connectivity index (χ1v) is 11.5. The maximum atomic E-state index is 12.5. The molecule has 0 radical (unpaired) electrons. The molecule has 0 spiro atoms. The van der Waals surface area contributed by atoms with Crippen LogP contribution < -0.4 is 14.8 Å². The zero-order valence-corrected chi connectivity index (χ0v) is 18.4. The van der Waals surface area contributed by atoms with Crippen molar-refractivity contribution in [1.82, 2.24) is 10.0 Å². The second-order valence-electron chi connectivity index (χ2n) is 6.63. The van der Waals surface area contributed by atoms with Gasteiger partial charge in [-0.3, -0.25) is 9.59 Å². The van der Waals surface area contributed by atoms with Crippen LogP contribution in [0.3, 0.4) is 0 Å². The summed E-state index contributed by atoms with van der Waals surface area (Å²) in [6.07, 6.45) is 0.531. The van der Waals surface area contributed by atoms with Crippen LogP contribution >= 0.6 is 0 Å². The van der Waals surface area contributed by atoms with Crippen molar-refractivity contribution in [2.75, 3.05) is 19.8 Å². The molecule has 2 aromatic rings. The second-order valence-corrected chi connectivity index (χ2v) is 8.35. The molecular formula is C22H25N3O6S. The highest BCUT2D eigenvalue weighted by molar-refractivity contribution is 7.89. The zero-order valence-electron chi connectivity index (χ0n) is 17.6. The van der Waals surface area contributed by atoms with Gasteiger partial charge < -0.3 is 14.8 Å². The number of hydrogen-bond acceptors (Lipinski definition) is 7. The number of carbonyl (C=O) groups excluding carboxylic acids is 2. The quantitative estimate of drug-likeness (QED) is 0.365. The van der Waals surface area contributed by atoms with Gasteiger partial charge in [0.2, 0.25) is 15.9 Å². The molecule has 2 N–H and O–H groups in total. The normalized spacial score (nSPS) is 11.8. The van der Waals surface area contributed by atoms with Gasteiger partial charge in [0.25, 0.3) is 0 Å². The molecule has 170 valence electrons. The predicted octanol–water partition coefficient (Wildman–Crippen LogP) is 1.74. The number of amides is 1. The first-order valence-electron chi connectivity index (χ1n) is 9.99. The molecule has 0 fully saturated rings. The van der Waals surface area contributed by atoms with E-state index in [9.17, 15) is 18.0 Å². The van der Waals surface area contributed by atoms with E-state index >= 15 is 0 Å². The van der Waals surface area contributed by atoms with E-state index in [-0.39, 0.29) is 37.0 Å². The minimum absolute atomic E-state index is 0.000534. The smallest absolute Gasteiger partial charge is 0.326 e. The summed E-state index contributed by atoms with van der Waals surface area (Å²) in [5.74, 6) is -0.555. The van der Waals surface area contributed by atoms with Crippen molar-refractivity contribution in [1.29, 1.82) is 5.26 Å². The van der Waals surface area contributed by atoms with Crippen LogP contribution in [0.4, 0.5) is 0 Å². The maximum Gasteiger partial charge on any atom is 0.326 e. The van der Waals surface area contributed by atoms with Crippen molar-refractivity contribution < 1.29 is 27.5 Å². The number of nitrogens with zero attached hydrogens (tertiary/aromatic N) is 1. The maximum absolute atomic E-state index is 12.5. The Kier molecular flexibility index (Phi) is 9.66. The number of esters is 1. The lowest BCUT2D eigenvalue weighted by molar-refractivity contribution is -0.145. The number of nitrogens with one attached hydrogen (secondary N) is 2. The van der Waals surface area contributed by atoms with Crippen LogP contribution in [0, 0.1) is 11.3 Å². The van der Waals surface area contributed by atoms with E-state index in [1.165, 1.54) is 12.1 Å². The summed E-state index contributed by atoms with van der Waals surface area (Å²) >= 11 is 0. The minimum atomic E-state index is -3.97. The third-order valence-electron chi connectivity index (χ3n) is 4.23. The summed E-state index contributed by atoms with van der Waals surface area (Å²) in [6, 6.07) is 15.0. The lowest BCUT2D eigenvalue weighted by atomic mass is 10.2.